The lowest BCUT2D eigenvalue weighted by atomic mass is 9.93. The molecule has 0 aliphatic heterocycles. The van der Waals surface area contributed by atoms with Gasteiger partial charge in [-0.25, -0.2) is 0 Å². The van der Waals surface area contributed by atoms with Crippen LogP contribution in [-0.2, 0) is 0 Å². The maximum absolute atomic E-state index is 4.41. The lowest BCUT2D eigenvalue weighted by molar-refractivity contribution is 0.715. The van der Waals surface area contributed by atoms with Gasteiger partial charge in [-0.2, -0.15) is 0 Å². The fourth-order valence-electron chi connectivity index (χ4n) is 1.30. The average molecular weight is 154 g/mol. The van der Waals surface area contributed by atoms with Gasteiger partial charge in [-0.15, -0.1) is 12.6 Å². The highest BCUT2D eigenvalue weighted by atomic mass is 32.1. The predicted octanol–water partition coefficient (Wildman–Crippen LogP) is 3.18. The summed E-state index contributed by atoms with van der Waals surface area (Å²) in [6.45, 7) is 6.52. The Kier molecular flexibility index (Phi) is 2.24. The van der Waals surface area contributed by atoms with Crippen molar-refractivity contribution in [3.05, 3.63) is 22.1 Å². The molecule has 1 heteroatoms. The number of hydrogen-bond donors (Lipinski definition) is 1. The largest absolute Gasteiger partial charge is 0.148 e. The molecule has 0 spiro atoms. The van der Waals surface area contributed by atoms with E-state index < -0.39 is 0 Å². The fraction of sp³-hybridized carbons (Fsp3) is 0.556. The summed E-state index contributed by atoms with van der Waals surface area (Å²) >= 11 is 4.41. The molecular weight excluding hydrogens is 140 g/mol. The van der Waals surface area contributed by atoms with E-state index in [1.165, 1.54) is 16.1 Å². The summed E-state index contributed by atoms with van der Waals surface area (Å²) in [5.41, 5.74) is 2.75. The van der Waals surface area contributed by atoms with Crippen molar-refractivity contribution in [1.29, 1.82) is 0 Å². The zero-order valence-corrected chi connectivity index (χ0v) is 7.70. The van der Waals surface area contributed by atoms with Gasteiger partial charge in [-0.3, -0.25) is 0 Å². The van der Waals surface area contributed by atoms with Crippen molar-refractivity contribution in [2.24, 2.45) is 5.92 Å². The molecular formula is C9H14S. The first-order valence-corrected chi connectivity index (χ1v) is 4.13. The van der Waals surface area contributed by atoms with Crippen LogP contribution in [0.5, 0.6) is 0 Å². The second-order valence-corrected chi connectivity index (χ2v) is 3.64. The van der Waals surface area contributed by atoms with Crippen LogP contribution in [0.4, 0.5) is 0 Å². The van der Waals surface area contributed by atoms with Gasteiger partial charge in [0.2, 0.25) is 0 Å². The summed E-state index contributed by atoms with van der Waals surface area (Å²) in [7, 11) is 0. The van der Waals surface area contributed by atoms with Crippen molar-refractivity contribution in [2.75, 3.05) is 0 Å². The zero-order valence-electron chi connectivity index (χ0n) is 6.81. The first kappa shape index (κ1) is 7.93. The zero-order chi connectivity index (χ0) is 7.72. The van der Waals surface area contributed by atoms with Gasteiger partial charge in [0.05, 0.1) is 0 Å². The molecule has 0 radical (unpaired) electrons. The number of hydrogen-bond acceptors (Lipinski definition) is 1. The maximum atomic E-state index is 4.41. The Hall–Kier alpha value is -0.170. The summed E-state index contributed by atoms with van der Waals surface area (Å²) in [6, 6.07) is 0. The van der Waals surface area contributed by atoms with Crippen molar-refractivity contribution in [2.45, 2.75) is 27.2 Å². The van der Waals surface area contributed by atoms with Gasteiger partial charge in [0.25, 0.3) is 0 Å². The van der Waals surface area contributed by atoms with Crippen molar-refractivity contribution in [1.82, 2.24) is 0 Å². The molecule has 1 unspecified atom stereocenters. The van der Waals surface area contributed by atoms with Gasteiger partial charge in [-0.05, 0) is 36.7 Å². The van der Waals surface area contributed by atoms with Crippen LogP contribution >= 0.6 is 12.6 Å². The summed E-state index contributed by atoms with van der Waals surface area (Å²) in [5, 5.41) is 0. The van der Waals surface area contributed by atoms with Crippen molar-refractivity contribution in [3.63, 3.8) is 0 Å². The molecule has 0 N–H and O–H groups in total. The van der Waals surface area contributed by atoms with Crippen LogP contribution in [0.1, 0.15) is 27.2 Å². The summed E-state index contributed by atoms with van der Waals surface area (Å²) < 4.78 is 0. The van der Waals surface area contributed by atoms with Gasteiger partial charge < -0.3 is 0 Å². The molecule has 0 saturated carbocycles. The van der Waals surface area contributed by atoms with Crippen LogP contribution in [0.3, 0.4) is 0 Å². The Balaban J connectivity index is 2.90. The molecule has 0 bridgehead atoms. The molecule has 10 heavy (non-hydrogen) atoms. The highest BCUT2D eigenvalue weighted by Gasteiger charge is 2.10. The minimum absolute atomic E-state index is 0.677. The van der Waals surface area contributed by atoms with E-state index in [-0.39, 0.29) is 0 Å². The topological polar surface area (TPSA) is 0 Å². The molecule has 1 aliphatic rings. The highest BCUT2D eigenvalue weighted by Crippen LogP contribution is 2.29. The Bertz CT molecular complexity index is 199. The monoisotopic (exact) mass is 154 g/mol. The molecule has 0 fully saturated rings. The molecule has 1 rings (SSSR count). The predicted molar refractivity (Wildman–Crippen MR) is 49.2 cm³/mol. The first-order chi connectivity index (χ1) is 4.61. The molecule has 0 aromatic carbocycles. The van der Waals surface area contributed by atoms with Crippen LogP contribution in [0, 0.1) is 5.92 Å². The van der Waals surface area contributed by atoms with Crippen molar-refractivity contribution in [3.8, 4) is 0 Å². The fourth-order valence-corrected chi connectivity index (χ4v) is 1.76. The molecule has 0 saturated heterocycles. The van der Waals surface area contributed by atoms with Crippen LogP contribution in [0.15, 0.2) is 22.1 Å². The smallest absolute Gasteiger partial charge is 0.0147 e. The third kappa shape index (κ3) is 1.46. The number of thiol groups is 1. The van der Waals surface area contributed by atoms with E-state index >= 15 is 0 Å². The average Bonchev–Trinajstić information content (AvgIpc) is 1.82. The second kappa shape index (κ2) is 2.83. The number of allylic oxidation sites excluding steroid dienone is 4. The van der Waals surface area contributed by atoms with Crippen LogP contribution in [0.2, 0.25) is 0 Å². The Morgan fingerprint density at radius 2 is 2.10 bits per heavy atom. The van der Waals surface area contributed by atoms with E-state index in [4.69, 9.17) is 0 Å². The van der Waals surface area contributed by atoms with Gasteiger partial charge in [-0.1, -0.05) is 18.6 Å². The molecule has 56 valence electrons. The lowest BCUT2D eigenvalue weighted by Gasteiger charge is -2.17. The van der Waals surface area contributed by atoms with Gasteiger partial charge in [0, 0.05) is 0 Å². The van der Waals surface area contributed by atoms with Gasteiger partial charge in [0.15, 0.2) is 0 Å². The SMILES string of the molecule is CC1=CC(C)CC(S)=C1C. The van der Waals surface area contributed by atoms with Crippen LogP contribution < -0.4 is 0 Å². The molecule has 0 nitrogen and oxygen atoms in total. The minimum Gasteiger partial charge on any atom is -0.148 e. The molecule has 1 aliphatic carbocycles. The Labute approximate surface area is 68.4 Å². The minimum atomic E-state index is 0.677. The van der Waals surface area contributed by atoms with E-state index in [2.05, 4.69) is 39.5 Å². The van der Waals surface area contributed by atoms with E-state index in [9.17, 15) is 0 Å². The third-order valence-corrected chi connectivity index (χ3v) is 2.59. The van der Waals surface area contributed by atoms with E-state index in [1.54, 1.807) is 0 Å². The standard InChI is InChI=1S/C9H14S/c1-6-4-7(2)8(3)9(10)5-6/h4,6,10H,5H2,1-3H3. The molecule has 0 amide bonds. The third-order valence-electron chi connectivity index (χ3n) is 2.07. The normalized spacial score (nSPS) is 26.8. The first-order valence-electron chi connectivity index (χ1n) is 3.68. The summed E-state index contributed by atoms with van der Waals surface area (Å²) in [5.74, 6) is 0.677. The van der Waals surface area contributed by atoms with Crippen LogP contribution in [-0.4, -0.2) is 0 Å². The maximum Gasteiger partial charge on any atom is -0.0147 e. The van der Waals surface area contributed by atoms with Crippen molar-refractivity contribution < 1.29 is 0 Å². The number of rotatable bonds is 0. The van der Waals surface area contributed by atoms with E-state index in [1.807, 2.05) is 0 Å². The quantitative estimate of drug-likeness (QED) is 0.509. The van der Waals surface area contributed by atoms with Gasteiger partial charge >= 0.3 is 0 Å². The second-order valence-electron chi connectivity index (χ2n) is 3.10. The molecule has 0 heterocycles. The van der Waals surface area contributed by atoms with E-state index in [0.29, 0.717) is 5.92 Å². The van der Waals surface area contributed by atoms with Crippen molar-refractivity contribution >= 4 is 12.6 Å². The lowest BCUT2D eigenvalue weighted by Crippen LogP contribution is -2.00. The molecule has 0 aromatic rings. The molecule has 0 aromatic heterocycles. The Morgan fingerprint density at radius 3 is 2.60 bits per heavy atom. The van der Waals surface area contributed by atoms with Crippen LogP contribution in [0.25, 0.3) is 0 Å². The molecule has 1 atom stereocenters. The van der Waals surface area contributed by atoms with Gasteiger partial charge in [0.1, 0.15) is 0 Å². The highest BCUT2D eigenvalue weighted by molar-refractivity contribution is 7.84. The summed E-state index contributed by atoms with van der Waals surface area (Å²) in [4.78, 5) is 1.26. The van der Waals surface area contributed by atoms with E-state index in [0.717, 1.165) is 6.42 Å². The summed E-state index contributed by atoms with van der Waals surface area (Å²) in [6.07, 6.45) is 3.43. The Morgan fingerprint density at radius 1 is 1.50 bits per heavy atom.